The van der Waals surface area contributed by atoms with E-state index in [0.717, 1.165) is 19.0 Å². The molecule has 1 atom stereocenters. The molecule has 1 unspecified atom stereocenters. The maximum atomic E-state index is 5.65. The van der Waals surface area contributed by atoms with Crippen LogP contribution in [0.15, 0.2) is 0 Å². The molecule has 0 aliphatic carbocycles. The lowest BCUT2D eigenvalue weighted by atomic mass is 10.3. The average Bonchev–Trinajstić information content (AvgIpc) is 2.46. The van der Waals surface area contributed by atoms with Gasteiger partial charge in [0.1, 0.15) is 6.61 Å². The zero-order valence-corrected chi connectivity index (χ0v) is 7.03. The molecule has 5 heteroatoms. The van der Waals surface area contributed by atoms with E-state index in [1.165, 1.54) is 0 Å². The van der Waals surface area contributed by atoms with Crippen molar-refractivity contribution in [3.05, 3.63) is 11.6 Å². The van der Waals surface area contributed by atoms with Crippen molar-refractivity contribution >= 4 is 0 Å². The van der Waals surface area contributed by atoms with Crippen LogP contribution in [0.25, 0.3) is 0 Å². The molecule has 0 saturated carbocycles. The zero-order valence-electron chi connectivity index (χ0n) is 7.03. The molecule has 2 rings (SSSR count). The molecule has 1 aromatic heterocycles. The van der Waals surface area contributed by atoms with E-state index in [1.54, 1.807) is 0 Å². The highest BCUT2D eigenvalue weighted by atomic mass is 16.5. The fourth-order valence-electron chi connectivity index (χ4n) is 1.19. The lowest BCUT2D eigenvalue weighted by molar-refractivity contribution is 0.0769. The molecular formula is C7H12N4O. The van der Waals surface area contributed by atoms with Gasteiger partial charge in [0.2, 0.25) is 0 Å². The van der Waals surface area contributed by atoms with Gasteiger partial charge in [0.15, 0.2) is 11.6 Å². The van der Waals surface area contributed by atoms with Gasteiger partial charge in [0, 0.05) is 0 Å². The molecule has 66 valence electrons. The minimum Gasteiger partial charge on any atom is -0.372 e. The normalized spacial score (nSPS) is 18.8. The molecule has 2 heterocycles. The fourth-order valence-corrected chi connectivity index (χ4v) is 1.19. The van der Waals surface area contributed by atoms with Crippen LogP contribution >= 0.6 is 0 Å². The van der Waals surface area contributed by atoms with E-state index < -0.39 is 0 Å². The summed E-state index contributed by atoms with van der Waals surface area (Å²) in [7, 11) is 0. The van der Waals surface area contributed by atoms with Crippen molar-refractivity contribution in [3.63, 3.8) is 0 Å². The number of nitrogens with zero attached hydrogens (tertiary/aromatic N) is 3. The first-order chi connectivity index (χ1) is 5.77. The number of ether oxygens (including phenoxy) is 1. The van der Waals surface area contributed by atoms with Gasteiger partial charge >= 0.3 is 0 Å². The predicted molar refractivity (Wildman–Crippen MR) is 42.3 cm³/mol. The molecular weight excluding hydrogens is 156 g/mol. The van der Waals surface area contributed by atoms with Crippen LogP contribution in [-0.4, -0.2) is 21.4 Å². The van der Waals surface area contributed by atoms with Crippen LogP contribution < -0.4 is 5.73 Å². The van der Waals surface area contributed by atoms with Crippen molar-refractivity contribution in [2.24, 2.45) is 5.73 Å². The number of rotatable bonds is 1. The molecule has 12 heavy (non-hydrogen) atoms. The van der Waals surface area contributed by atoms with Crippen LogP contribution in [0.1, 0.15) is 24.6 Å². The second-order valence-electron chi connectivity index (χ2n) is 2.95. The summed E-state index contributed by atoms with van der Waals surface area (Å²) in [4.78, 5) is 4.25. The molecule has 2 N–H and O–H groups in total. The van der Waals surface area contributed by atoms with Gasteiger partial charge in [-0.1, -0.05) is 0 Å². The van der Waals surface area contributed by atoms with E-state index in [-0.39, 0.29) is 6.04 Å². The van der Waals surface area contributed by atoms with Crippen molar-refractivity contribution in [3.8, 4) is 0 Å². The average molecular weight is 168 g/mol. The molecule has 0 bridgehead atoms. The Kier molecular flexibility index (Phi) is 1.82. The van der Waals surface area contributed by atoms with Crippen LogP contribution in [0.4, 0.5) is 0 Å². The summed E-state index contributed by atoms with van der Waals surface area (Å²) in [6.07, 6.45) is 0. The Morgan fingerprint density at radius 2 is 2.50 bits per heavy atom. The Labute approximate surface area is 70.5 Å². The van der Waals surface area contributed by atoms with Gasteiger partial charge in [-0.05, 0) is 6.92 Å². The molecule has 0 fully saturated rings. The van der Waals surface area contributed by atoms with Crippen molar-refractivity contribution in [1.82, 2.24) is 14.8 Å². The summed E-state index contributed by atoms with van der Waals surface area (Å²) >= 11 is 0. The second-order valence-corrected chi connectivity index (χ2v) is 2.95. The third kappa shape index (κ3) is 1.21. The van der Waals surface area contributed by atoms with E-state index in [2.05, 4.69) is 10.1 Å². The molecule has 0 spiro atoms. The Morgan fingerprint density at radius 1 is 1.67 bits per heavy atom. The quantitative estimate of drug-likeness (QED) is 0.632. The number of fused-ring (bicyclic) bond motifs is 1. The summed E-state index contributed by atoms with van der Waals surface area (Å²) in [5, 5.41) is 4.25. The smallest absolute Gasteiger partial charge is 0.167 e. The van der Waals surface area contributed by atoms with E-state index >= 15 is 0 Å². The monoisotopic (exact) mass is 168 g/mol. The Hall–Kier alpha value is -0.940. The largest absolute Gasteiger partial charge is 0.372 e. The minimum absolute atomic E-state index is 0.0944. The summed E-state index contributed by atoms with van der Waals surface area (Å²) in [5.74, 6) is 1.59. The summed E-state index contributed by atoms with van der Waals surface area (Å²) in [5.41, 5.74) is 5.65. The summed E-state index contributed by atoms with van der Waals surface area (Å²) in [6, 6.07) is -0.0944. The highest BCUT2D eigenvalue weighted by Crippen LogP contribution is 2.09. The fraction of sp³-hybridized carbons (Fsp3) is 0.714. The third-order valence-corrected chi connectivity index (χ3v) is 1.85. The SMILES string of the molecule is CC(N)c1nc2n(n1)CCOC2. The van der Waals surface area contributed by atoms with E-state index in [9.17, 15) is 0 Å². The molecule has 0 saturated heterocycles. The van der Waals surface area contributed by atoms with Crippen LogP contribution in [0.3, 0.4) is 0 Å². The van der Waals surface area contributed by atoms with Gasteiger partial charge in [0.05, 0.1) is 19.2 Å². The van der Waals surface area contributed by atoms with Gasteiger partial charge < -0.3 is 10.5 Å². The summed E-state index contributed by atoms with van der Waals surface area (Å²) < 4.78 is 7.09. The minimum atomic E-state index is -0.0944. The number of aromatic nitrogens is 3. The molecule has 0 radical (unpaired) electrons. The maximum Gasteiger partial charge on any atom is 0.167 e. The van der Waals surface area contributed by atoms with Crippen molar-refractivity contribution < 1.29 is 4.74 Å². The van der Waals surface area contributed by atoms with E-state index in [0.29, 0.717) is 12.4 Å². The molecule has 1 aliphatic rings. The van der Waals surface area contributed by atoms with Crippen LogP contribution in [0.5, 0.6) is 0 Å². The van der Waals surface area contributed by atoms with Crippen molar-refractivity contribution in [2.45, 2.75) is 26.1 Å². The molecule has 5 nitrogen and oxygen atoms in total. The van der Waals surface area contributed by atoms with Crippen LogP contribution in [0.2, 0.25) is 0 Å². The Bertz CT molecular complexity index is 257. The van der Waals surface area contributed by atoms with E-state index in [4.69, 9.17) is 10.5 Å². The first kappa shape index (κ1) is 7.70. The Balaban J connectivity index is 2.32. The second kappa shape index (κ2) is 2.84. The number of hydrogen-bond donors (Lipinski definition) is 1. The van der Waals surface area contributed by atoms with Gasteiger partial charge in [-0.25, -0.2) is 9.67 Å². The lowest BCUT2D eigenvalue weighted by Crippen LogP contribution is -2.17. The maximum absolute atomic E-state index is 5.65. The first-order valence-electron chi connectivity index (χ1n) is 4.04. The van der Waals surface area contributed by atoms with Crippen molar-refractivity contribution in [1.29, 1.82) is 0 Å². The molecule has 0 aromatic carbocycles. The van der Waals surface area contributed by atoms with Gasteiger partial charge in [-0.15, -0.1) is 0 Å². The van der Waals surface area contributed by atoms with E-state index in [1.807, 2.05) is 11.6 Å². The van der Waals surface area contributed by atoms with Gasteiger partial charge in [-0.3, -0.25) is 0 Å². The summed E-state index contributed by atoms with van der Waals surface area (Å²) in [6.45, 7) is 3.94. The topological polar surface area (TPSA) is 66.0 Å². The molecule has 1 aromatic rings. The number of nitrogens with two attached hydrogens (primary N) is 1. The number of hydrogen-bond acceptors (Lipinski definition) is 4. The molecule has 1 aliphatic heterocycles. The first-order valence-corrected chi connectivity index (χ1v) is 4.04. The van der Waals surface area contributed by atoms with Gasteiger partial charge in [0.25, 0.3) is 0 Å². The highest BCUT2D eigenvalue weighted by Gasteiger charge is 2.15. The van der Waals surface area contributed by atoms with Crippen LogP contribution in [-0.2, 0) is 17.9 Å². The predicted octanol–water partition coefficient (Wildman–Crippen LogP) is -0.172. The van der Waals surface area contributed by atoms with Crippen LogP contribution in [0, 0.1) is 0 Å². The highest BCUT2D eigenvalue weighted by molar-refractivity contribution is 4.96. The van der Waals surface area contributed by atoms with Crippen molar-refractivity contribution in [2.75, 3.05) is 6.61 Å². The zero-order chi connectivity index (χ0) is 8.55. The Morgan fingerprint density at radius 3 is 3.17 bits per heavy atom. The lowest BCUT2D eigenvalue weighted by Gasteiger charge is -2.11. The van der Waals surface area contributed by atoms with Gasteiger partial charge in [-0.2, -0.15) is 5.10 Å². The third-order valence-electron chi connectivity index (χ3n) is 1.85. The standard InChI is InChI=1S/C7H12N4O/c1-5(8)7-9-6-4-12-3-2-11(6)10-7/h5H,2-4,8H2,1H3. The molecule has 0 amide bonds.